The molecule has 0 amide bonds. The van der Waals surface area contributed by atoms with Gasteiger partial charge < -0.3 is 4.42 Å². The van der Waals surface area contributed by atoms with Crippen LogP contribution < -0.4 is 35.3 Å². The van der Waals surface area contributed by atoms with Gasteiger partial charge in [0, 0.05) is 5.56 Å². The van der Waals surface area contributed by atoms with Crippen LogP contribution in [0, 0.1) is 10.2 Å². The van der Waals surface area contributed by atoms with Gasteiger partial charge >= 0.3 is 0 Å². The lowest BCUT2D eigenvalue weighted by atomic mass is 10.2. The highest BCUT2D eigenvalue weighted by Gasteiger charge is 2.52. The van der Waals surface area contributed by atoms with Gasteiger partial charge in [0.05, 0.1) is 14.9 Å². The second-order valence-corrected chi connectivity index (χ2v) is 12.7. The molecule has 5 aromatic rings. The molecular weight excluding hydrogens is 529 g/mol. The summed E-state index contributed by atoms with van der Waals surface area (Å²) in [6.07, 6.45) is 2.06. The van der Waals surface area contributed by atoms with Gasteiger partial charge in [-0.25, -0.2) is 0 Å². The van der Waals surface area contributed by atoms with Crippen molar-refractivity contribution in [3.8, 4) is 11.5 Å². The van der Waals surface area contributed by atoms with Gasteiger partial charge in [-0.15, -0.1) is 0 Å². The third-order valence-corrected chi connectivity index (χ3v) is 10.5. The van der Waals surface area contributed by atoms with Gasteiger partial charge in [0.25, 0.3) is 5.44 Å². The van der Waals surface area contributed by atoms with Gasteiger partial charge in [0.15, 0.2) is 7.26 Å². The van der Waals surface area contributed by atoms with Crippen LogP contribution in [0.3, 0.4) is 0 Å². The van der Waals surface area contributed by atoms with Crippen molar-refractivity contribution in [2.24, 2.45) is 0 Å². The Bertz CT molecular complexity index is 1300. The molecule has 0 atom stereocenters. The Kier molecular flexibility index (Phi) is 8.79. The molecule has 0 saturated carbocycles. The second-order valence-electron chi connectivity index (χ2n) is 7.77. The van der Waals surface area contributed by atoms with Crippen LogP contribution in [0.4, 0.5) is 0 Å². The van der Waals surface area contributed by atoms with Crippen LogP contribution in [-0.2, 0) is 0 Å². The molecule has 1 N–H and O–H groups in total. The average Bonchev–Trinajstić information content (AvgIpc) is 3.35. The van der Waals surface area contributed by atoms with Crippen LogP contribution in [0.2, 0.25) is 0 Å². The predicted molar refractivity (Wildman–Crippen MR) is 141 cm³/mol. The van der Waals surface area contributed by atoms with Crippen LogP contribution in [0.5, 0.6) is 0 Å². The molecule has 37 heavy (non-hydrogen) atoms. The Morgan fingerprint density at radius 1 is 0.676 bits per heavy atom. The zero-order valence-corrected chi connectivity index (χ0v) is 22.3. The minimum Gasteiger partial charge on any atom is -0.425 e. The van der Waals surface area contributed by atoms with Gasteiger partial charge in [0.1, 0.15) is 15.9 Å². The number of thioether (sulfide) groups is 1. The van der Waals surface area contributed by atoms with Gasteiger partial charge in [-0.1, -0.05) is 84.6 Å². The molecule has 0 radical (unpaired) electrons. The summed E-state index contributed by atoms with van der Waals surface area (Å²) in [6.45, 7) is 0. The molecule has 6 nitrogen and oxygen atoms in total. The Balaban J connectivity index is 0.000000586. The van der Waals surface area contributed by atoms with Gasteiger partial charge in [-0.2, -0.15) is 19.0 Å². The molecule has 0 aliphatic heterocycles. The fourth-order valence-electron chi connectivity index (χ4n) is 4.12. The van der Waals surface area contributed by atoms with Crippen LogP contribution >= 0.6 is 19.0 Å². The summed E-state index contributed by atoms with van der Waals surface area (Å²) in [6, 6.07) is 42.5. The first-order valence-electron chi connectivity index (χ1n) is 11.1. The maximum Gasteiger partial charge on any atom is 0.251 e. The molecule has 0 fully saturated rings. The minimum absolute atomic E-state index is 0.664. The summed E-state index contributed by atoms with van der Waals surface area (Å²) in [5.41, 5.74) is 2.01. The summed E-state index contributed by atoms with van der Waals surface area (Å²) in [5.74, 6) is 0.664. The SMILES string of the molecule is CSc1oc(-c2ccccc2)nc1[P+](c1ccccc1)(c1ccccc1)c1ccccc1.[O-][Cl+3]([O-])([O-])O. The maximum atomic E-state index is 8.60. The molecule has 0 bridgehead atoms. The van der Waals surface area contributed by atoms with E-state index in [-0.39, 0.29) is 0 Å². The largest absolute Gasteiger partial charge is 0.425 e. The molecule has 1 heterocycles. The van der Waals surface area contributed by atoms with Crippen LogP contribution in [0.1, 0.15) is 0 Å². The third kappa shape index (κ3) is 6.29. The molecule has 0 aliphatic rings. The smallest absolute Gasteiger partial charge is 0.251 e. The number of nitrogens with zero attached hydrogens (tertiary/aromatic N) is 1. The molecule has 188 valence electrons. The van der Waals surface area contributed by atoms with Gasteiger partial charge in [-0.3, -0.25) is 0 Å². The van der Waals surface area contributed by atoms with Crippen molar-refractivity contribution >= 4 is 40.4 Å². The van der Waals surface area contributed by atoms with Crippen molar-refractivity contribution in [3.63, 3.8) is 0 Å². The van der Waals surface area contributed by atoms with Crippen molar-refractivity contribution in [3.05, 3.63) is 121 Å². The van der Waals surface area contributed by atoms with E-state index in [1.54, 1.807) is 11.8 Å². The molecule has 0 unspecified atom stereocenters. The normalized spacial score (nSPS) is 11.5. The minimum atomic E-state index is -4.69. The summed E-state index contributed by atoms with van der Waals surface area (Å²) in [7, 11) is -6.98. The van der Waals surface area contributed by atoms with Crippen molar-refractivity contribution < 1.29 is 33.3 Å². The molecule has 0 aliphatic carbocycles. The first-order valence-corrected chi connectivity index (χ1v) is 15.4. The first kappa shape index (κ1) is 27.0. The number of hydrogen-bond acceptors (Lipinski definition) is 7. The lowest BCUT2D eigenvalue weighted by molar-refractivity contribution is -1.92. The number of halogens is 1. The number of hydrogen-bond donors (Lipinski definition) is 1. The Labute approximate surface area is 222 Å². The number of benzene rings is 4. The van der Waals surface area contributed by atoms with Crippen molar-refractivity contribution in [1.29, 1.82) is 0 Å². The predicted octanol–water partition coefficient (Wildman–Crippen LogP) is 1.56. The van der Waals surface area contributed by atoms with Gasteiger partial charge in [-0.05, 0) is 54.8 Å². The number of aromatic nitrogens is 1. The van der Waals surface area contributed by atoms with E-state index in [1.807, 2.05) is 30.3 Å². The lowest BCUT2D eigenvalue weighted by Gasteiger charge is -2.25. The van der Waals surface area contributed by atoms with E-state index in [4.69, 9.17) is 28.0 Å². The molecule has 9 heteroatoms. The van der Waals surface area contributed by atoms with E-state index >= 15 is 0 Å². The monoisotopic (exact) mass is 552 g/mol. The Hall–Kier alpha value is -3.00. The third-order valence-electron chi connectivity index (χ3n) is 5.53. The van der Waals surface area contributed by atoms with Crippen molar-refractivity contribution in [1.82, 2.24) is 4.98 Å². The Morgan fingerprint density at radius 3 is 1.38 bits per heavy atom. The highest BCUT2D eigenvalue weighted by atomic mass is 35.7. The zero-order valence-electron chi connectivity index (χ0n) is 19.8. The molecule has 1 aromatic heterocycles. The second kappa shape index (κ2) is 12.0. The van der Waals surface area contributed by atoms with Gasteiger partial charge in [0.2, 0.25) is 11.0 Å². The van der Waals surface area contributed by atoms with E-state index < -0.39 is 17.5 Å². The molecule has 0 spiro atoms. The zero-order chi connectivity index (χ0) is 26.3. The van der Waals surface area contributed by atoms with Crippen LogP contribution in [0.15, 0.2) is 131 Å². The topological polar surface area (TPSA) is 115 Å². The van der Waals surface area contributed by atoms with Crippen LogP contribution in [0.25, 0.3) is 11.5 Å². The van der Waals surface area contributed by atoms with E-state index in [9.17, 15) is 0 Å². The first-order chi connectivity index (χ1) is 17.8. The van der Waals surface area contributed by atoms with E-state index in [2.05, 4.69) is 97.3 Å². The average molecular weight is 553 g/mol. The summed E-state index contributed by atoms with van der Waals surface area (Å²) in [5, 5.41) is 4.66. The fourth-order valence-corrected chi connectivity index (χ4v) is 9.24. The van der Waals surface area contributed by atoms with E-state index in [0.29, 0.717) is 5.89 Å². The van der Waals surface area contributed by atoms with Crippen molar-refractivity contribution in [2.45, 2.75) is 5.09 Å². The van der Waals surface area contributed by atoms with E-state index in [1.165, 1.54) is 15.9 Å². The fraction of sp³-hybridized carbons (Fsp3) is 0.0357. The quantitative estimate of drug-likeness (QED) is 0.251. The molecule has 0 saturated heterocycles. The summed E-state index contributed by atoms with van der Waals surface area (Å²) < 4.78 is 39.1. The lowest BCUT2D eigenvalue weighted by Crippen LogP contribution is -2.58. The molecule has 4 aromatic carbocycles. The summed E-state index contributed by atoms with van der Waals surface area (Å²) in [4.78, 5) is 5.21. The highest BCUT2D eigenvalue weighted by molar-refractivity contribution is 8.04. The summed E-state index contributed by atoms with van der Waals surface area (Å²) >= 11 is 1.62. The van der Waals surface area contributed by atoms with E-state index in [0.717, 1.165) is 16.1 Å². The van der Waals surface area contributed by atoms with Crippen LogP contribution in [-0.4, -0.2) is 15.9 Å². The van der Waals surface area contributed by atoms with Crippen molar-refractivity contribution in [2.75, 3.05) is 6.26 Å². The standard InChI is InChI=1S/C28H23NOPS.ClHO4/c1-32-28-27(29-26(30-28)22-14-6-2-7-15-22)31(23-16-8-3-9-17-23,24-18-10-4-11-19-24)25-20-12-5-13-21-25;2-1(3,4)5/h2-21H,1H3;(H,2,3,4,5)/q+1;. The number of oxazole rings is 1. The maximum absolute atomic E-state index is 8.60. The molecule has 5 rings (SSSR count). The Morgan fingerprint density at radius 2 is 1.03 bits per heavy atom. The number of rotatable bonds is 6. The molecular formula is C28H24ClNO5PS+. The highest BCUT2D eigenvalue weighted by Crippen LogP contribution is 2.55.